The molecule has 2 atom stereocenters. The highest BCUT2D eigenvalue weighted by atomic mass is 32.2. The summed E-state index contributed by atoms with van der Waals surface area (Å²) in [6.07, 6.45) is 4.54. The number of piperidine rings is 1. The quantitative estimate of drug-likeness (QED) is 0.688. The summed E-state index contributed by atoms with van der Waals surface area (Å²) < 4.78 is 28.4. The van der Waals surface area contributed by atoms with Crippen LogP contribution in [0.1, 0.15) is 52.9 Å². The molecule has 2 saturated heterocycles. The van der Waals surface area contributed by atoms with Crippen LogP contribution in [0.2, 0.25) is 0 Å². The molecule has 178 valence electrons. The molecule has 0 aliphatic carbocycles. The number of benzene rings is 1. The van der Waals surface area contributed by atoms with E-state index in [-0.39, 0.29) is 35.5 Å². The highest BCUT2D eigenvalue weighted by molar-refractivity contribution is 7.89. The molecular weight excluding hydrogens is 432 g/mol. The summed E-state index contributed by atoms with van der Waals surface area (Å²) >= 11 is 0. The third kappa shape index (κ3) is 6.43. The lowest BCUT2D eigenvalue weighted by Gasteiger charge is -2.42. The van der Waals surface area contributed by atoms with Crippen molar-refractivity contribution in [3.05, 3.63) is 24.3 Å². The Hall–Kier alpha value is -2.17. The van der Waals surface area contributed by atoms with Crippen molar-refractivity contribution in [2.45, 2.75) is 75.5 Å². The van der Waals surface area contributed by atoms with Gasteiger partial charge in [0.1, 0.15) is 5.60 Å². The molecule has 9 nitrogen and oxygen atoms in total. The molecule has 2 amide bonds. The lowest BCUT2D eigenvalue weighted by molar-refractivity contribution is -0.118. The zero-order valence-corrected chi connectivity index (χ0v) is 19.9. The monoisotopic (exact) mass is 466 g/mol. The molecule has 3 N–H and O–H groups in total. The van der Waals surface area contributed by atoms with Crippen LogP contribution in [0.15, 0.2) is 29.2 Å². The van der Waals surface area contributed by atoms with E-state index in [0.717, 1.165) is 38.6 Å². The van der Waals surface area contributed by atoms with Crippen molar-refractivity contribution >= 4 is 27.7 Å². The van der Waals surface area contributed by atoms with Gasteiger partial charge >= 0.3 is 6.09 Å². The molecule has 2 aliphatic rings. The number of primary sulfonamides is 1. The van der Waals surface area contributed by atoms with E-state index in [1.807, 2.05) is 25.7 Å². The Morgan fingerprint density at radius 3 is 2.34 bits per heavy atom. The Bertz CT molecular complexity index is 927. The van der Waals surface area contributed by atoms with Crippen LogP contribution in [0.3, 0.4) is 0 Å². The molecule has 0 aromatic heterocycles. The highest BCUT2D eigenvalue weighted by Crippen LogP contribution is 2.30. The topological polar surface area (TPSA) is 122 Å². The second kappa shape index (κ2) is 9.76. The van der Waals surface area contributed by atoms with Gasteiger partial charge in [-0.05, 0) is 77.3 Å². The van der Waals surface area contributed by atoms with E-state index in [1.54, 1.807) is 0 Å². The molecule has 2 aliphatic heterocycles. The molecule has 2 fully saturated rings. The summed E-state index contributed by atoms with van der Waals surface area (Å²) in [7, 11) is -3.77. The second-order valence-electron chi connectivity index (χ2n) is 9.53. The lowest BCUT2D eigenvalue weighted by atomic mass is 9.94. The third-order valence-corrected chi connectivity index (χ3v) is 6.78. The van der Waals surface area contributed by atoms with E-state index in [4.69, 9.17) is 9.88 Å². The van der Waals surface area contributed by atoms with E-state index in [2.05, 4.69) is 10.2 Å². The van der Waals surface area contributed by atoms with Crippen LogP contribution in [0.5, 0.6) is 0 Å². The first-order valence-corrected chi connectivity index (χ1v) is 12.6. The zero-order valence-electron chi connectivity index (χ0n) is 19.0. The van der Waals surface area contributed by atoms with Crippen molar-refractivity contribution in [1.82, 2.24) is 9.80 Å². The predicted octanol–water partition coefficient (Wildman–Crippen LogP) is 2.53. The molecule has 0 spiro atoms. The normalized spacial score (nSPS) is 22.6. The van der Waals surface area contributed by atoms with E-state index < -0.39 is 15.6 Å². The van der Waals surface area contributed by atoms with Gasteiger partial charge in [-0.3, -0.25) is 9.69 Å². The minimum atomic E-state index is -3.77. The van der Waals surface area contributed by atoms with E-state index in [0.29, 0.717) is 12.2 Å². The average molecular weight is 467 g/mol. The van der Waals surface area contributed by atoms with E-state index in [9.17, 15) is 18.0 Å². The summed E-state index contributed by atoms with van der Waals surface area (Å²) in [5, 5.41) is 7.94. The molecule has 1 aromatic carbocycles. The number of likely N-dealkylation sites (tertiary alicyclic amines) is 2. The van der Waals surface area contributed by atoms with Gasteiger partial charge in [0.2, 0.25) is 15.9 Å². The number of nitrogens with zero attached hydrogens (tertiary/aromatic N) is 2. The predicted molar refractivity (Wildman–Crippen MR) is 122 cm³/mol. The fraction of sp³-hybridized carbons (Fsp3) is 0.636. The minimum absolute atomic E-state index is 0.00457. The number of sulfonamides is 1. The van der Waals surface area contributed by atoms with Crippen molar-refractivity contribution in [2.75, 3.05) is 25.0 Å². The second-order valence-corrected chi connectivity index (χ2v) is 11.1. The number of carbonyl (C=O) groups excluding carboxylic acids is 2. The summed E-state index contributed by atoms with van der Waals surface area (Å²) in [5.74, 6) is -0.179. The highest BCUT2D eigenvalue weighted by Gasteiger charge is 2.40. The van der Waals surface area contributed by atoms with Gasteiger partial charge in [-0.2, -0.15) is 0 Å². The maximum absolute atomic E-state index is 12.7. The van der Waals surface area contributed by atoms with Gasteiger partial charge in [-0.25, -0.2) is 18.4 Å². The van der Waals surface area contributed by atoms with Crippen molar-refractivity contribution in [3.63, 3.8) is 0 Å². The standard InChI is InChI=1S/C22H34N4O5S/c1-22(2,3)31-21(28)26-14-6-8-19(26)18-7-4-5-13-25(18)15-20(27)24-16-9-11-17(12-10-16)32(23,29)30/h9-12,18-19H,4-8,13-15H2,1-3H3,(H,24,27)(H2,23,29,30)/t18-,19-/m1/s1. The number of amides is 2. The summed E-state index contributed by atoms with van der Waals surface area (Å²) in [6.45, 7) is 7.27. The van der Waals surface area contributed by atoms with Crippen LogP contribution >= 0.6 is 0 Å². The Labute approximate surface area is 190 Å². The molecule has 0 bridgehead atoms. The van der Waals surface area contributed by atoms with Crippen LogP contribution in [-0.4, -0.2) is 67.5 Å². The molecule has 0 radical (unpaired) electrons. The van der Waals surface area contributed by atoms with Gasteiger partial charge in [-0.15, -0.1) is 0 Å². The van der Waals surface area contributed by atoms with Crippen LogP contribution in [0.4, 0.5) is 10.5 Å². The maximum atomic E-state index is 12.7. The SMILES string of the molecule is CC(C)(C)OC(=O)N1CCC[C@@H]1[C@H]1CCCCN1CC(=O)Nc1ccc(S(N)(=O)=O)cc1. The molecule has 1 aromatic rings. The summed E-state index contributed by atoms with van der Waals surface area (Å²) in [4.78, 5) is 29.4. The number of nitrogens with two attached hydrogens (primary N) is 1. The molecule has 3 rings (SSSR count). The van der Waals surface area contributed by atoms with E-state index in [1.165, 1.54) is 24.3 Å². The number of anilines is 1. The van der Waals surface area contributed by atoms with Gasteiger partial charge in [0.15, 0.2) is 0 Å². The van der Waals surface area contributed by atoms with Gasteiger partial charge in [0.05, 0.1) is 17.5 Å². The molecule has 0 saturated carbocycles. The van der Waals surface area contributed by atoms with E-state index >= 15 is 0 Å². The average Bonchev–Trinajstić information content (AvgIpc) is 3.16. The zero-order chi connectivity index (χ0) is 23.5. The first-order chi connectivity index (χ1) is 14.9. The van der Waals surface area contributed by atoms with Gasteiger partial charge in [-0.1, -0.05) is 6.42 Å². The van der Waals surface area contributed by atoms with Gasteiger partial charge < -0.3 is 15.0 Å². The Kier molecular flexibility index (Phi) is 7.46. The Morgan fingerprint density at radius 2 is 1.72 bits per heavy atom. The van der Waals surface area contributed by atoms with Crippen molar-refractivity contribution in [3.8, 4) is 0 Å². The molecule has 2 heterocycles. The number of rotatable bonds is 5. The number of nitrogens with one attached hydrogen (secondary N) is 1. The van der Waals surface area contributed by atoms with Crippen molar-refractivity contribution < 1.29 is 22.7 Å². The molecule has 10 heteroatoms. The van der Waals surface area contributed by atoms with Crippen LogP contribution < -0.4 is 10.5 Å². The summed E-state index contributed by atoms with van der Waals surface area (Å²) in [6, 6.07) is 5.91. The minimum Gasteiger partial charge on any atom is -0.444 e. The maximum Gasteiger partial charge on any atom is 0.410 e. The number of carbonyl (C=O) groups is 2. The third-order valence-electron chi connectivity index (χ3n) is 5.85. The fourth-order valence-electron chi connectivity index (χ4n) is 4.50. The first-order valence-electron chi connectivity index (χ1n) is 11.1. The molecule has 32 heavy (non-hydrogen) atoms. The largest absolute Gasteiger partial charge is 0.444 e. The molecule has 0 unspecified atom stereocenters. The Morgan fingerprint density at radius 1 is 1.06 bits per heavy atom. The number of hydrogen-bond donors (Lipinski definition) is 2. The van der Waals surface area contributed by atoms with Gasteiger partial charge in [0.25, 0.3) is 0 Å². The number of ether oxygens (including phenoxy) is 1. The number of hydrogen-bond acceptors (Lipinski definition) is 6. The van der Waals surface area contributed by atoms with Crippen LogP contribution in [0.25, 0.3) is 0 Å². The lowest BCUT2D eigenvalue weighted by Crippen LogP contribution is -2.55. The fourth-order valence-corrected chi connectivity index (χ4v) is 5.02. The molecular formula is C22H34N4O5S. The smallest absolute Gasteiger partial charge is 0.410 e. The van der Waals surface area contributed by atoms with Crippen LogP contribution in [0, 0.1) is 0 Å². The van der Waals surface area contributed by atoms with Crippen LogP contribution in [-0.2, 0) is 19.6 Å². The summed E-state index contributed by atoms with van der Waals surface area (Å²) in [5.41, 5.74) is -0.0398. The van der Waals surface area contributed by atoms with Crippen molar-refractivity contribution in [1.29, 1.82) is 0 Å². The Balaban J connectivity index is 1.64. The van der Waals surface area contributed by atoms with Gasteiger partial charge in [0, 0.05) is 18.3 Å². The first kappa shape index (κ1) is 24.5. The van der Waals surface area contributed by atoms with Crippen molar-refractivity contribution in [2.24, 2.45) is 5.14 Å².